The molecule has 4 aromatic carbocycles. The molecule has 14 heteroatoms. The van der Waals surface area contributed by atoms with Crippen LogP contribution in [0.1, 0.15) is 22.3 Å². The van der Waals surface area contributed by atoms with Gasteiger partial charge in [0.05, 0.1) is 0 Å². The number of aliphatic imine (C=N–C) groups is 4. The van der Waals surface area contributed by atoms with Gasteiger partial charge in [-0.05, 0) is 0 Å². The number of fused-ring (bicyclic) bond motifs is 14. The van der Waals surface area contributed by atoms with Crippen molar-refractivity contribution in [1.29, 1.82) is 0 Å². The topological polar surface area (TPSA) is 138 Å². The van der Waals surface area contributed by atoms with Crippen molar-refractivity contribution in [3.05, 3.63) is 130 Å². The Labute approximate surface area is 271 Å². The molecule has 0 spiro atoms. The van der Waals surface area contributed by atoms with Gasteiger partial charge in [0, 0.05) is 10.7 Å². The molecule has 2 aromatic heterocycles. The molecule has 0 aliphatic carbocycles. The van der Waals surface area contributed by atoms with Gasteiger partial charge in [0.1, 0.15) is 0 Å². The first-order chi connectivity index (χ1) is 22.3. The molecule has 6 bridgehead atoms. The Morgan fingerprint density at radius 1 is 0.500 bits per heavy atom. The Kier molecular flexibility index (Phi) is 5.92. The van der Waals surface area contributed by atoms with Crippen molar-refractivity contribution in [3.8, 4) is 0 Å². The van der Waals surface area contributed by atoms with Crippen molar-refractivity contribution in [2.45, 2.75) is 0 Å². The van der Waals surface area contributed by atoms with E-state index in [1.54, 1.807) is 15.4 Å². The van der Waals surface area contributed by atoms with Crippen LogP contribution in [-0.2, 0) is 24.7 Å². The van der Waals surface area contributed by atoms with E-state index in [1.807, 2.05) is 48.5 Å². The normalized spacial score (nSPS) is 19.2. The fourth-order valence-electron chi connectivity index (χ4n) is 5.84. The second-order valence-electron chi connectivity index (χ2n) is 10.4. The van der Waals surface area contributed by atoms with E-state index in [0.29, 0.717) is 23.3 Å². The Balaban J connectivity index is 0.000000545. The molecule has 0 amide bonds. The zero-order valence-corrected chi connectivity index (χ0v) is 25.7. The third-order valence-electron chi connectivity index (χ3n) is 7.71. The van der Waals surface area contributed by atoms with Crippen LogP contribution in [-0.4, -0.2) is 43.5 Å². The summed E-state index contributed by atoms with van der Waals surface area (Å²) in [7, 11) is -0.137. The first-order valence-corrected chi connectivity index (χ1v) is 16.9. The summed E-state index contributed by atoms with van der Waals surface area (Å²) in [4.78, 5) is 30.8. The Morgan fingerprint density at radius 3 is 1.22 bits per heavy atom. The first-order valence-electron chi connectivity index (χ1n) is 13.8. The van der Waals surface area contributed by atoms with E-state index < -0.39 is 9.33 Å². The fourth-order valence-corrected chi connectivity index (χ4v) is 7.03. The molecular formula is C32H17ClCuN8O3S. The van der Waals surface area contributed by atoms with Crippen LogP contribution < -0.4 is 11.0 Å². The van der Waals surface area contributed by atoms with Gasteiger partial charge in [-0.25, -0.2) is 0 Å². The van der Waals surface area contributed by atoms with Crippen LogP contribution in [0.2, 0.25) is 0 Å². The molecule has 46 heavy (non-hydrogen) atoms. The number of halogens is 1. The summed E-state index contributed by atoms with van der Waals surface area (Å²) in [5.41, 5.74) is 5.33. The molecule has 11 nitrogen and oxygen atoms in total. The van der Waals surface area contributed by atoms with Crippen molar-refractivity contribution in [1.82, 2.24) is 7.17 Å². The second-order valence-corrected chi connectivity index (χ2v) is 13.4. The molecule has 0 atom stereocenters. The van der Waals surface area contributed by atoms with E-state index in [4.69, 9.17) is 42.9 Å². The maximum absolute atomic E-state index is 8.95. The standard InChI is InChI=1S/C32H16N8.ClHO3S.Cu/c1-2-10-18-17(9-1)25-33-26(18)38-28-21-13-5-6-14-22(21)30(35-28)40-32-24-16-8-7-15-23(24)31(36-32)39-29-20-12-4-3-11-19(20)27(34-29)37-25;1-5(2,3)4;/h1-16H;(H,2,3,4);/q-2;;+2. The van der Waals surface area contributed by atoms with Gasteiger partial charge in [0.15, 0.2) is 0 Å². The number of amidine groups is 4. The molecule has 4 aliphatic heterocycles. The van der Waals surface area contributed by atoms with Crippen molar-refractivity contribution in [2.75, 3.05) is 0 Å². The second kappa shape index (κ2) is 9.98. The van der Waals surface area contributed by atoms with Crippen LogP contribution in [0, 0.1) is 0 Å². The zero-order chi connectivity index (χ0) is 31.2. The van der Waals surface area contributed by atoms with Gasteiger partial charge < -0.3 is 0 Å². The third-order valence-corrected chi connectivity index (χ3v) is 8.88. The van der Waals surface area contributed by atoms with Crippen LogP contribution >= 0.6 is 10.7 Å². The van der Waals surface area contributed by atoms with Gasteiger partial charge >= 0.3 is 249 Å². The molecule has 1 N–H and O–H groups in total. The van der Waals surface area contributed by atoms with Crippen LogP contribution in [0.3, 0.4) is 0 Å². The third kappa shape index (κ3) is 4.25. The summed E-state index contributed by atoms with van der Waals surface area (Å²) in [5.74, 6) is 4.04. The van der Waals surface area contributed by atoms with E-state index in [0.717, 1.165) is 66.4 Å². The number of hydrogen-bond donors (Lipinski definition) is 1. The van der Waals surface area contributed by atoms with Gasteiger partial charge in [-0.15, -0.1) is 0 Å². The summed E-state index contributed by atoms with van der Waals surface area (Å²) < 4.78 is 29.3. The first kappa shape index (κ1) is 27.3. The molecule has 0 fully saturated rings. The van der Waals surface area contributed by atoms with Crippen molar-refractivity contribution in [3.63, 3.8) is 0 Å². The number of benzene rings is 4. The molecule has 10 rings (SSSR count). The van der Waals surface area contributed by atoms with Crippen molar-refractivity contribution in [2.24, 2.45) is 30.0 Å². The SMILES string of the molecule is O=S(=O)(O)Cl.c1ccc2c(c1)C1=NC/2=N\c2c3ccccc3c3[n]2[Cu][n]2/c(c4ccccc4/c2=N/C2=N\C(=N/3)c3ccccc32)=N\1. The molecule has 0 saturated heterocycles. The van der Waals surface area contributed by atoms with E-state index >= 15 is 0 Å². The quantitative estimate of drug-likeness (QED) is 0.138. The molecule has 6 heterocycles. The minimum atomic E-state index is -4.19. The average Bonchev–Trinajstić information content (AvgIpc) is 3.75. The Bertz CT molecular complexity index is 2550. The molecule has 0 radical (unpaired) electrons. The molecular weight excluding hydrogens is 675 g/mol. The van der Waals surface area contributed by atoms with Gasteiger partial charge in [0.25, 0.3) is 0 Å². The minimum absolute atomic E-state index is 0.634. The summed E-state index contributed by atoms with van der Waals surface area (Å²) in [5, 5.41) is 3.92. The summed E-state index contributed by atoms with van der Waals surface area (Å²) in [6, 6.07) is 32.8. The predicted octanol–water partition coefficient (Wildman–Crippen LogP) is 4.88. The fraction of sp³-hybridized carbons (Fsp3) is 0. The van der Waals surface area contributed by atoms with Gasteiger partial charge in [-0.1, -0.05) is 0 Å². The maximum atomic E-state index is 8.95. The summed E-state index contributed by atoms with van der Waals surface area (Å²) in [6.45, 7) is 0. The van der Waals surface area contributed by atoms with Crippen LogP contribution in [0.5, 0.6) is 0 Å². The Hall–Kier alpha value is -5.04. The Morgan fingerprint density at radius 2 is 0.826 bits per heavy atom. The molecule has 0 saturated carbocycles. The number of nitrogens with zero attached hydrogens (tertiary/aromatic N) is 8. The molecule has 6 aromatic rings. The predicted molar refractivity (Wildman–Crippen MR) is 173 cm³/mol. The van der Waals surface area contributed by atoms with Crippen LogP contribution in [0.15, 0.2) is 127 Å². The van der Waals surface area contributed by atoms with Gasteiger partial charge in [-0.2, -0.15) is 8.42 Å². The van der Waals surface area contributed by atoms with Crippen LogP contribution in [0.4, 0.5) is 11.6 Å². The summed E-state index contributed by atoms with van der Waals surface area (Å²) >= 11 is 1.62. The molecule has 0 unspecified atom stereocenters. The van der Waals surface area contributed by atoms with Gasteiger partial charge in [-0.3, -0.25) is 4.55 Å². The monoisotopic (exact) mass is 691 g/mol. The van der Waals surface area contributed by atoms with E-state index in [2.05, 4.69) is 66.4 Å². The van der Waals surface area contributed by atoms with Crippen molar-refractivity contribution >= 4 is 76.5 Å². The zero-order valence-electron chi connectivity index (χ0n) is 23.2. The number of aromatic nitrogens is 2. The van der Waals surface area contributed by atoms with E-state index in [-0.39, 0.29) is 0 Å². The molecule has 4 aliphatic rings. The molecule has 227 valence electrons. The number of rotatable bonds is 0. The average molecular weight is 693 g/mol. The van der Waals surface area contributed by atoms with E-state index in [1.165, 1.54) is 0 Å². The summed E-state index contributed by atoms with van der Waals surface area (Å²) in [6.07, 6.45) is 0. The van der Waals surface area contributed by atoms with E-state index in [9.17, 15) is 0 Å². The van der Waals surface area contributed by atoms with Crippen molar-refractivity contribution < 1.29 is 28.4 Å². The number of hydrogen-bond acceptors (Lipinski definition) is 8. The van der Waals surface area contributed by atoms with Crippen LogP contribution in [0.25, 0.3) is 21.5 Å². The van der Waals surface area contributed by atoms with Gasteiger partial charge in [0.2, 0.25) is 0 Å².